The van der Waals surface area contributed by atoms with Crippen molar-refractivity contribution in [3.8, 4) is 0 Å². The summed E-state index contributed by atoms with van der Waals surface area (Å²) in [5, 5.41) is 0. The Kier molecular flexibility index (Phi) is 6.33. The molecule has 0 atom stereocenters. The summed E-state index contributed by atoms with van der Waals surface area (Å²) in [4.78, 5) is 0. The Morgan fingerprint density at radius 2 is 1.62 bits per heavy atom. The zero-order valence-electron chi connectivity index (χ0n) is 8.62. The van der Waals surface area contributed by atoms with Gasteiger partial charge >= 0.3 is 0 Å². The Balaban J connectivity index is 0.000000671. The Labute approximate surface area is 81.6 Å². The number of rotatable bonds is 2. The Morgan fingerprint density at radius 3 is 2.00 bits per heavy atom. The molecule has 0 heterocycles. The fourth-order valence-corrected chi connectivity index (χ4v) is 2.97. The van der Waals surface area contributed by atoms with Gasteiger partial charge in [-0.2, -0.15) is 0 Å². The van der Waals surface area contributed by atoms with Crippen LogP contribution in [0, 0.1) is 5.92 Å². The average Bonchev–Trinajstić information content (AvgIpc) is 2.07. The average molecular weight is 207 g/mol. The topological polar surface area (TPSA) is 60.2 Å². The summed E-state index contributed by atoms with van der Waals surface area (Å²) in [5.74, 6) is 0.867. The van der Waals surface area contributed by atoms with Crippen molar-refractivity contribution < 1.29 is 8.42 Å². The molecule has 1 rings (SSSR count). The number of nitrogens with two attached hydrogens (primary N) is 1. The number of hydrogen-bond donors (Lipinski definition) is 1. The molecule has 0 radical (unpaired) electrons. The van der Waals surface area contributed by atoms with Crippen molar-refractivity contribution in [2.24, 2.45) is 11.7 Å². The van der Waals surface area contributed by atoms with Crippen LogP contribution in [0.4, 0.5) is 0 Å². The van der Waals surface area contributed by atoms with Crippen LogP contribution in [0.25, 0.3) is 0 Å². The first-order valence-electron chi connectivity index (χ1n) is 4.83. The molecule has 0 aromatic heterocycles. The molecule has 0 aromatic carbocycles. The van der Waals surface area contributed by atoms with Crippen LogP contribution in [-0.2, 0) is 9.84 Å². The van der Waals surface area contributed by atoms with Crippen LogP contribution >= 0.6 is 0 Å². The second-order valence-electron chi connectivity index (χ2n) is 3.60. The van der Waals surface area contributed by atoms with Crippen molar-refractivity contribution in [1.82, 2.24) is 0 Å². The predicted molar refractivity (Wildman–Crippen MR) is 56.4 cm³/mol. The fraction of sp³-hybridized carbons (Fsp3) is 1.00. The third-order valence-corrected chi connectivity index (χ3v) is 3.34. The minimum atomic E-state index is -2.72. The van der Waals surface area contributed by atoms with E-state index in [-0.39, 0.29) is 0 Å². The molecule has 1 fully saturated rings. The predicted octanol–water partition coefficient (Wildman–Crippen LogP) is 1.19. The third kappa shape index (κ3) is 7.02. The fourth-order valence-electron chi connectivity index (χ4n) is 1.78. The molecule has 0 unspecified atom stereocenters. The van der Waals surface area contributed by atoms with E-state index in [2.05, 4.69) is 5.73 Å². The van der Waals surface area contributed by atoms with Crippen molar-refractivity contribution in [2.45, 2.75) is 32.1 Å². The molecular formula is C9H21NO2S. The van der Waals surface area contributed by atoms with Crippen molar-refractivity contribution in [3.63, 3.8) is 0 Å². The molecule has 2 N–H and O–H groups in total. The lowest BCUT2D eigenvalue weighted by Crippen LogP contribution is -2.17. The van der Waals surface area contributed by atoms with Gasteiger partial charge in [-0.3, -0.25) is 0 Å². The highest BCUT2D eigenvalue weighted by Crippen LogP contribution is 2.24. The van der Waals surface area contributed by atoms with E-state index in [1.165, 1.54) is 32.6 Å². The van der Waals surface area contributed by atoms with Gasteiger partial charge in [0, 0.05) is 6.26 Å². The van der Waals surface area contributed by atoms with Gasteiger partial charge < -0.3 is 5.73 Å². The summed E-state index contributed by atoms with van der Waals surface area (Å²) >= 11 is 0. The highest BCUT2D eigenvalue weighted by Gasteiger charge is 2.17. The van der Waals surface area contributed by atoms with E-state index in [0.29, 0.717) is 11.7 Å². The smallest absolute Gasteiger partial charge is 0.147 e. The molecule has 80 valence electrons. The van der Waals surface area contributed by atoms with Gasteiger partial charge in [0.1, 0.15) is 9.84 Å². The second kappa shape index (κ2) is 6.38. The standard InChI is InChI=1S/C8H16O2S.CH5N/c1-11(9,10)7-8-5-3-2-4-6-8;1-2/h8H,2-7H2,1H3;2H2,1H3. The van der Waals surface area contributed by atoms with Gasteiger partial charge in [-0.1, -0.05) is 19.3 Å². The van der Waals surface area contributed by atoms with E-state index in [0.717, 1.165) is 12.8 Å². The summed E-state index contributed by atoms with van der Waals surface area (Å²) in [5.41, 5.74) is 4.50. The van der Waals surface area contributed by atoms with E-state index >= 15 is 0 Å². The van der Waals surface area contributed by atoms with E-state index in [4.69, 9.17) is 0 Å². The van der Waals surface area contributed by atoms with E-state index in [1.807, 2.05) is 0 Å². The molecule has 4 heteroatoms. The van der Waals surface area contributed by atoms with Gasteiger partial charge in [0.05, 0.1) is 5.75 Å². The van der Waals surface area contributed by atoms with Crippen LogP contribution in [0.5, 0.6) is 0 Å². The van der Waals surface area contributed by atoms with E-state index < -0.39 is 9.84 Å². The lowest BCUT2D eigenvalue weighted by Gasteiger charge is -2.20. The monoisotopic (exact) mass is 207 g/mol. The molecule has 0 bridgehead atoms. The summed E-state index contributed by atoms with van der Waals surface area (Å²) in [6.45, 7) is 0. The Bertz CT molecular complexity index is 206. The zero-order valence-corrected chi connectivity index (χ0v) is 9.44. The lowest BCUT2D eigenvalue weighted by molar-refractivity contribution is 0.385. The first-order valence-corrected chi connectivity index (χ1v) is 6.89. The molecule has 1 aliphatic rings. The second-order valence-corrected chi connectivity index (χ2v) is 5.78. The lowest BCUT2D eigenvalue weighted by atomic mass is 9.91. The number of sulfone groups is 1. The largest absolute Gasteiger partial charge is 0.333 e. The summed E-state index contributed by atoms with van der Waals surface area (Å²) in [6, 6.07) is 0. The molecule has 0 saturated heterocycles. The van der Waals surface area contributed by atoms with Crippen LogP contribution in [0.2, 0.25) is 0 Å². The molecule has 13 heavy (non-hydrogen) atoms. The number of hydrogen-bond acceptors (Lipinski definition) is 3. The SMILES string of the molecule is CN.CS(=O)(=O)CC1CCCCC1. The van der Waals surface area contributed by atoms with Gasteiger partial charge in [-0.15, -0.1) is 0 Å². The van der Waals surface area contributed by atoms with Crippen LogP contribution in [0.1, 0.15) is 32.1 Å². The van der Waals surface area contributed by atoms with Gasteiger partial charge in [0.2, 0.25) is 0 Å². The highest BCUT2D eigenvalue weighted by molar-refractivity contribution is 7.90. The first kappa shape index (κ1) is 12.9. The van der Waals surface area contributed by atoms with Crippen LogP contribution in [0.15, 0.2) is 0 Å². The third-order valence-electron chi connectivity index (χ3n) is 2.26. The Morgan fingerprint density at radius 1 is 1.15 bits per heavy atom. The summed E-state index contributed by atoms with van der Waals surface area (Å²) in [6.07, 6.45) is 7.31. The highest BCUT2D eigenvalue weighted by atomic mass is 32.2. The maximum atomic E-state index is 10.9. The summed E-state index contributed by atoms with van der Waals surface area (Å²) in [7, 11) is -1.22. The molecule has 0 spiro atoms. The molecule has 0 aliphatic heterocycles. The summed E-state index contributed by atoms with van der Waals surface area (Å²) < 4.78 is 21.8. The van der Waals surface area contributed by atoms with Gasteiger partial charge in [0.25, 0.3) is 0 Å². The van der Waals surface area contributed by atoms with Crippen LogP contribution < -0.4 is 5.73 Å². The maximum absolute atomic E-state index is 10.9. The van der Waals surface area contributed by atoms with Crippen LogP contribution in [-0.4, -0.2) is 27.5 Å². The molecular weight excluding hydrogens is 186 g/mol. The van der Waals surface area contributed by atoms with Crippen molar-refractivity contribution in [2.75, 3.05) is 19.1 Å². The molecule has 3 nitrogen and oxygen atoms in total. The van der Waals surface area contributed by atoms with Gasteiger partial charge in [0.15, 0.2) is 0 Å². The van der Waals surface area contributed by atoms with Crippen LogP contribution in [0.3, 0.4) is 0 Å². The van der Waals surface area contributed by atoms with Gasteiger partial charge in [-0.25, -0.2) is 8.42 Å². The van der Waals surface area contributed by atoms with Crippen molar-refractivity contribution in [1.29, 1.82) is 0 Å². The minimum absolute atomic E-state index is 0.410. The van der Waals surface area contributed by atoms with E-state index in [9.17, 15) is 8.42 Å². The van der Waals surface area contributed by atoms with Gasteiger partial charge in [-0.05, 0) is 25.8 Å². The minimum Gasteiger partial charge on any atom is -0.333 e. The molecule has 1 saturated carbocycles. The maximum Gasteiger partial charge on any atom is 0.147 e. The zero-order chi connectivity index (χ0) is 10.3. The molecule has 0 amide bonds. The Hall–Kier alpha value is -0.0900. The first-order chi connectivity index (χ1) is 6.08. The normalized spacial score (nSPS) is 19.0. The van der Waals surface area contributed by atoms with Crippen molar-refractivity contribution in [3.05, 3.63) is 0 Å². The molecule has 1 aliphatic carbocycles. The molecule has 0 aromatic rings. The quantitative estimate of drug-likeness (QED) is 0.740. The van der Waals surface area contributed by atoms with Crippen molar-refractivity contribution >= 4 is 9.84 Å². The van der Waals surface area contributed by atoms with E-state index in [1.54, 1.807) is 0 Å².